The Morgan fingerprint density at radius 3 is 2.71 bits per heavy atom. The minimum Gasteiger partial charge on any atom is -0.338 e. The molecule has 0 spiro atoms. The number of hydrogen-bond donors (Lipinski definition) is 0. The topological polar surface area (TPSA) is 46.1 Å². The average Bonchev–Trinajstić information content (AvgIpc) is 3.03. The zero-order valence-corrected chi connectivity index (χ0v) is 12.8. The molecule has 126 valence electrons. The molecule has 1 amide bonds. The normalized spacial score (nSPS) is 18.0. The van der Waals surface area contributed by atoms with E-state index in [9.17, 15) is 18.0 Å². The predicted molar refractivity (Wildman–Crippen MR) is 81.2 cm³/mol. The molecule has 0 N–H and O–H groups in total. The highest BCUT2D eigenvalue weighted by Gasteiger charge is 2.33. The van der Waals surface area contributed by atoms with Crippen LogP contribution in [0, 0.1) is 5.92 Å². The van der Waals surface area contributed by atoms with Crippen molar-refractivity contribution >= 4 is 5.91 Å². The van der Waals surface area contributed by atoms with Gasteiger partial charge in [-0.25, -0.2) is 0 Å². The summed E-state index contributed by atoms with van der Waals surface area (Å²) in [5.74, 6) is 0.0606. The van der Waals surface area contributed by atoms with Crippen LogP contribution in [-0.4, -0.2) is 33.9 Å². The van der Waals surface area contributed by atoms with Gasteiger partial charge in [0.1, 0.15) is 5.69 Å². The molecule has 0 aliphatic carbocycles. The first kappa shape index (κ1) is 16.4. The Labute approximate surface area is 137 Å². The van der Waals surface area contributed by atoms with Crippen molar-refractivity contribution in [3.63, 3.8) is 0 Å². The lowest BCUT2D eigenvalue weighted by Gasteiger charge is -2.17. The van der Waals surface area contributed by atoms with Gasteiger partial charge in [0.25, 0.3) is 5.91 Å². The van der Waals surface area contributed by atoms with E-state index in [-0.39, 0.29) is 11.5 Å². The molecule has 1 unspecified atom stereocenters. The lowest BCUT2D eigenvalue weighted by molar-refractivity contribution is -0.141. The van der Waals surface area contributed by atoms with Gasteiger partial charge in [0, 0.05) is 31.7 Å². The summed E-state index contributed by atoms with van der Waals surface area (Å²) in [7, 11) is 0. The zero-order chi connectivity index (χ0) is 17.2. The van der Waals surface area contributed by atoms with Gasteiger partial charge in [-0.1, -0.05) is 6.07 Å². The highest BCUT2D eigenvalue weighted by atomic mass is 19.4. The molecule has 2 aromatic rings. The molecule has 7 heteroatoms. The van der Waals surface area contributed by atoms with Crippen LogP contribution in [0.5, 0.6) is 0 Å². The van der Waals surface area contributed by atoms with Crippen molar-refractivity contribution in [1.82, 2.24) is 14.9 Å². The first-order chi connectivity index (χ1) is 11.4. The molecule has 0 radical (unpaired) electrons. The van der Waals surface area contributed by atoms with E-state index in [1.807, 2.05) is 18.3 Å². The molecule has 3 heterocycles. The molecule has 4 nitrogen and oxygen atoms in total. The second-order valence-corrected chi connectivity index (χ2v) is 5.90. The Morgan fingerprint density at radius 2 is 2.08 bits per heavy atom. The largest absolute Gasteiger partial charge is 0.433 e. The van der Waals surface area contributed by atoms with Gasteiger partial charge in [0.15, 0.2) is 0 Å². The Balaban J connectivity index is 1.62. The average molecular weight is 335 g/mol. The molecule has 1 saturated heterocycles. The van der Waals surface area contributed by atoms with Gasteiger partial charge in [-0.3, -0.25) is 14.8 Å². The smallest absolute Gasteiger partial charge is 0.338 e. The molecule has 3 rings (SSSR count). The molecule has 0 aromatic carbocycles. The maximum absolute atomic E-state index is 12.5. The predicted octanol–water partition coefficient (Wildman–Crippen LogP) is 3.20. The summed E-state index contributed by atoms with van der Waals surface area (Å²) in [6.45, 7) is 1.19. The van der Waals surface area contributed by atoms with Gasteiger partial charge in [-0.15, -0.1) is 0 Å². The molecular formula is C17H16F3N3O. The van der Waals surface area contributed by atoms with Crippen LogP contribution >= 0.6 is 0 Å². The number of carbonyl (C=O) groups excluding carboxylic acids is 1. The minimum atomic E-state index is -4.50. The van der Waals surface area contributed by atoms with Crippen LogP contribution in [-0.2, 0) is 12.6 Å². The quantitative estimate of drug-likeness (QED) is 0.865. The monoisotopic (exact) mass is 335 g/mol. The van der Waals surface area contributed by atoms with Crippen molar-refractivity contribution in [2.24, 2.45) is 5.92 Å². The van der Waals surface area contributed by atoms with E-state index in [4.69, 9.17) is 0 Å². The number of amides is 1. The van der Waals surface area contributed by atoms with E-state index in [2.05, 4.69) is 9.97 Å². The number of rotatable bonds is 3. The Hall–Kier alpha value is -2.44. The number of nitrogens with zero attached hydrogens (tertiary/aromatic N) is 3. The van der Waals surface area contributed by atoms with Crippen molar-refractivity contribution in [1.29, 1.82) is 0 Å². The molecule has 2 aromatic heterocycles. The standard InChI is InChI=1S/C17H16F3N3O/c18-17(19,20)15-4-3-14(10-22-15)16(24)23-7-5-13(11-23)8-12-2-1-6-21-9-12/h1-4,6,9-10,13H,5,7-8,11H2. The number of aromatic nitrogens is 2. The third-order valence-electron chi connectivity index (χ3n) is 4.12. The molecule has 1 fully saturated rings. The Morgan fingerprint density at radius 1 is 1.25 bits per heavy atom. The summed E-state index contributed by atoms with van der Waals surface area (Å²) in [5, 5.41) is 0. The van der Waals surface area contributed by atoms with E-state index in [1.165, 1.54) is 6.07 Å². The fourth-order valence-corrected chi connectivity index (χ4v) is 2.91. The third-order valence-corrected chi connectivity index (χ3v) is 4.12. The van der Waals surface area contributed by atoms with Crippen molar-refractivity contribution in [2.75, 3.05) is 13.1 Å². The van der Waals surface area contributed by atoms with E-state index in [1.54, 1.807) is 11.1 Å². The number of carbonyl (C=O) groups is 1. The van der Waals surface area contributed by atoms with Crippen LogP contribution in [0.25, 0.3) is 0 Å². The number of hydrogen-bond acceptors (Lipinski definition) is 3. The first-order valence-corrected chi connectivity index (χ1v) is 7.65. The number of pyridine rings is 2. The molecule has 0 bridgehead atoms. The van der Waals surface area contributed by atoms with Crippen LogP contribution in [0.15, 0.2) is 42.9 Å². The van der Waals surface area contributed by atoms with Gasteiger partial charge in [-0.2, -0.15) is 13.2 Å². The maximum Gasteiger partial charge on any atom is 0.433 e. The van der Waals surface area contributed by atoms with Gasteiger partial charge in [0.05, 0.1) is 5.56 Å². The molecule has 1 aliphatic rings. The van der Waals surface area contributed by atoms with E-state index in [0.29, 0.717) is 19.0 Å². The second kappa shape index (κ2) is 6.59. The van der Waals surface area contributed by atoms with Crippen LogP contribution < -0.4 is 0 Å². The Bertz CT molecular complexity index is 701. The van der Waals surface area contributed by atoms with Crippen molar-refractivity contribution in [3.05, 3.63) is 59.7 Å². The van der Waals surface area contributed by atoms with Gasteiger partial charge in [0.2, 0.25) is 0 Å². The highest BCUT2D eigenvalue weighted by molar-refractivity contribution is 5.94. The fraction of sp³-hybridized carbons (Fsp3) is 0.353. The number of likely N-dealkylation sites (tertiary alicyclic amines) is 1. The highest BCUT2D eigenvalue weighted by Crippen LogP contribution is 2.28. The third kappa shape index (κ3) is 3.72. The van der Waals surface area contributed by atoms with Crippen LogP contribution in [0.4, 0.5) is 13.2 Å². The van der Waals surface area contributed by atoms with Crippen molar-refractivity contribution in [2.45, 2.75) is 19.0 Å². The number of alkyl halides is 3. The van der Waals surface area contributed by atoms with Gasteiger partial charge in [-0.05, 0) is 42.5 Å². The maximum atomic E-state index is 12.5. The number of halogens is 3. The van der Waals surface area contributed by atoms with Gasteiger partial charge >= 0.3 is 6.18 Å². The lowest BCUT2D eigenvalue weighted by Crippen LogP contribution is -2.29. The van der Waals surface area contributed by atoms with Crippen LogP contribution in [0.1, 0.15) is 28.0 Å². The van der Waals surface area contributed by atoms with Crippen molar-refractivity contribution < 1.29 is 18.0 Å². The van der Waals surface area contributed by atoms with E-state index >= 15 is 0 Å². The molecule has 1 aliphatic heterocycles. The van der Waals surface area contributed by atoms with Crippen molar-refractivity contribution in [3.8, 4) is 0 Å². The summed E-state index contributed by atoms with van der Waals surface area (Å²) in [6, 6.07) is 5.90. The van der Waals surface area contributed by atoms with E-state index < -0.39 is 11.9 Å². The molecule has 1 atom stereocenters. The fourth-order valence-electron chi connectivity index (χ4n) is 2.91. The Kier molecular flexibility index (Phi) is 4.51. The summed E-state index contributed by atoms with van der Waals surface area (Å²) in [5.41, 5.74) is 0.313. The summed E-state index contributed by atoms with van der Waals surface area (Å²) in [4.78, 5) is 21.5. The SMILES string of the molecule is O=C(c1ccc(C(F)(F)F)nc1)N1CCC(Cc2cccnc2)C1. The zero-order valence-electron chi connectivity index (χ0n) is 12.8. The second-order valence-electron chi connectivity index (χ2n) is 5.90. The van der Waals surface area contributed by atoms with Crippen LogP contribution in [0.2, 0.25) is 0 Å². The summed E-state index contributed by atoms with van der Waals surface area (Å²) in [6.07, 6.45) is 1.73. The van der Waals surface area contributed by atoms with E-state index in [0.717, 1.165) is 30.7 Å². The van der Waals surface area contributed by atoms with Crippen LogP contribution in [0.3, 0.4) is 0 Å². The minimum absolute atomic E-state index is 0.185. The van der Waals surface area contributed by atoms with Gasteiger partial charge < -0.3 is 4.90 Å². The molecular weight excluding hydrogens is 319 g/mol. The first-order valence-electron chi connectivity index (χ1n) is 7.65. The lowest BCUT2D eigenvalue weighted by atomic mass is 10.00. The molecule has 0 saturated carbocycles. The molecule has 24 heavy (non-hydrogen) atoms. The summed E-state index contributed by atoms with van der Waals surface area (Å²) >= 11 is 0. The summed E-state index contributed by atoms with van der Waals surface area (Å²) < 4.78 is 37.6.